The summed E-state index contributed by atoms with van der Waals surface area (Å²) in [7, 11) is 0. The molecule has 3 N–H and O–H groups in total. The Hall–Kier alpha value is -1.62. The fraction of sp³-hybridized carbons (Fsp3) is 0.538. The smallest absolute Gasteiger partial charge is 0.241 e. The van der Waals surface area contributed by atoms with Crippen LogP contribution in [0.2, 0.25) is 0 Å². The number of piperidine rings is 1. The first kappa shape index (κ1) is 12.8. The second-order valence-electron chi connectivity index (χ2n) is 4.73. The molecule has 0 aromatic carbocycles. The Labute approximate surface area is 107 Å². The van der Waals surface area contributed by atoms with E-state index >= 15 is 0 Å². The van der Waals surface area contributed by atoms with Crippen LogP contribution in [0.1, 0.15) is 26.2 Å². The zero-order chi connectivity index (χ0) is 13.0. The van der Waals surface area contributed by atoms with Gasteiger partial charge >= 0.3 is 0 Å². The van der Waals surface area contributed by atoms with E-state index in [1.54, 1.807) is 13.1 Å². The molecule has 0 spiro atoms. The highest BCUT2D eigenvalue weighted by Gasteiger charge is 2.12. The number of nitrogens with two attached hydrogens (primary N) is 1. The second-order valence-corrected chi connectivity index (χ2v) is 4.73. The quantitative estimate of drug-likeness (QED) is 0.847. The molecule has 5 heteroatoms. The summed E-state index contributed by atoms with van der Waals surface area (Å²) < 4.78 is 0. The van der Waals surface area contributed by atoms with Crippen molar-refractivity contribution < 1.29 is 4.79 Å². The largest absolute Gasteiger partial charge is 0.357 e. The highest BCUT2D eigenvalue weighted by atomic mass is 16.2. The Morgan fingerprint density at radius 3 is 2.67 bits per heavy atom. The number of carbonyl (C=O) groups is 1. The first-order valence-corrected chi connectivity index (χ1v) is 6.44. The maximum Gasteiger partial charge on any atom is 0.241 e. The van der Waals surface area contributed by atoms with Crippen molar-refractivity contribution in [1.82, 2.24) is 4.98 Å². The van der Waals surface area contributed by atoms with E-state index in [9.17, 15) is 4.79 Å². The fourth-order valence-corrected chi connectivity index (χ4v) is 2.03. The lowest BCUT2D eigenvalue weighted by Gasteiger charge is -2.27. The number of anilines is 2. The molecule has 0 saturated carbocycles. The molecule has 0 radical (unpaired) electrons. The van der Waals surface area contributed by atoms with Crippen molar-refractivity contribution in [1.29, 1.82) is 0 Å². The summed E-state index contributed by atoms with van der Waals surface area (Å²) in [6.45, 7) is 3.79. The Balaban J connectivity index is 1.98. The van der Waals surface area contributed by atoms with E-state index in [0.29, 0.717) is 5.69 Å². The number of nitrogens with zero attached hydrogens (tertiary/aromatic N) is 2. The number of hydrogen-bond donors (Lipinski definition) is 2. The van der Waals surface area contributed by atoms with Crippen LogP contribution >= 0.6 is 0 Å². The van der Waals surface area contributed by atoms with E-state index in [0.717, 1.165) is 18.9 Å². The van der Waals surface area contributed by atoms with Crippen molar-refractivity contribution in [2.24, 2.45) is 5.73 Å². The Morgan fingerprint density at radius 1 is 1.39 bits per heavy atom. The van der Waals surface area contributed by atoms with Gasteiger partial charge in [-0.25, -0.2) is 4.98 Å². The van der Waals surface area contributed by atoms with Crippen LogP contribution in [0.25, 0.3) is 0 Å². The summed E-state index contributed by atoms with van der Waals surface area (Å²) in [5, 5.41) is 2.73. The van der Waals surface area contributed by atoms with Crippen LogP contribution in [0.5, 0.6) is 0 Å². The lowest BCUT2D eigenvalue weighted by Crippen LogP contribution is -2.32. The van der Waals surface area contributed by atoms with Crippen LogP contribution in [-0.2, 0) is 4.79 Å². The zero-order valence-electron chi connectivity index (χ0n) is 10.7. The molecule has 0 bridgehead atoms. The number of aromatic nitrogens is 1. The van der Waals surface area contributed by atoms with Gasteiger partial charge < -0.3 is 16.0 Å². The van der Waals surface area contributed by atoms with Crippen LogP contribution in [0, 0.1) is 0 Å². The molecule has 1 atom stereocenters. The van der Waals surface area contributed by atoms with E-state index in [4.69, 9.17) is 5.73 Å². The van der Waals surface area contributed by atoms with Gasteiger partial charge in [-0.05, 0) is 38.3 Å². The van der Waals surface area contributed by atoms with Gasteiger partial charge in [0.1, 0.15) is 5.82 Å². The number of pyridine rings is 1. The average Bonchev–Trinajstić information content (AvgIpc) is 2.40. The third kappa shape index (κ3) is 3.20. The minimum absolute atomic E-state index is 0.192. The Bertz CT molecular complexity index is 396. The van der Waals surface area contributed by atoms with Crippen molar-refractivity contribution in [3.63, 3.8) is 0 Å². The molecule has 18 heavy (non-hydrogen) atoms. The fourth-order valence-electron chi connectivity index (χ4n) is 2.03. The molecule has 0 unspecified atom stereocenters. The van der Waals surface area contributed by atoms with Gasteiger partial charge in [-0.2, -0.15) is 0 Å². The molecule has 2 rings (SSSR count). The van der Waals surface area contributed by atoms with Crippen molar-refractivity contribution in [2.75, 3.05) is 23.3 Å². The predicted molar refractivity (Wildman–Crippen MR) is 72.6 cm³/mol. The molecular formula is C13H20N4O. The van der Waals surface area contributed by atoms with Crippen LogP contribution < -0.4 is 16.0 Å². The number of amides is 1. The average molecular weight is 248 g/mol. The van der Waals surface area contributed by atoms with Crippen LogP contribution in [0.4, 0.5) is 11.5 Å². The van der Waals surface area contributed by atoms with E-state index in [1.807, 2.05) is 12.1 Å². The number of nitrogens with one attached hydrogen (secondary N) is 1. The molecule has 1 saturated heterocycles. The van der Waals surface area contributed by atoms with Gasteiger partial charge in [0.2, 0.25) is 5.91 Å². The summed E-state index contributed by atoms with van der Waals surface area (Å²) >= 11 is 0. The van der Waals surface area contributed by atoms with Crippen LogP contribution in [0.15, 0.2) is 18.3 Å². The maximum absolute atomic E-state index is 11.4. The lowest BCUT2D eigenvalue weighted by molar-refractivity contribution is -0.117. The first-order valence-electron chi connectivity index (χ1n) is 6.44. The molecule has 1 fully saturated rings. The molecule has 1 aromatic heterocycles. The molecule has 1 aliphatic rings. The van der Waals surface area contributed by atoms with Crippen molar-refractivity contribution in [3.8, 4) is 0 Å². The molecule has 5 nitrogen and oxygen atoms in total. The normalized spacial score (nSPS) is 17.3. The van der Waals surface area contributed by atoms with Gasteiger partial charge in [-0.3, -0.25) is 4.79 Å². The molecular weight excluding hydrogens is 228 g/mol. The van der Waals surface area contributed by atoms with Crippen LogP contribution in [0.3, 0.4) is 0 Å². The topological polar surface area (TPSA) is 71.2 Å². The highest BCUT2D eigenvalue weighted by molar-refractivity contribution is 5.94. The van der Waals surface area contributed by atoms with Gasteiger partial charge in [-0.1, -0.05) is 0 Å². The summed E-state index contributed by atoms with van der Waals surface area (Å²) in [5.41, 5.74) is 6.18. The lowest BCUT2D eigenvalue weighted by atomic mass is 10.1. The number of rotatable bonds is 3. The number of hydrogen-bond acceptors (Lipinski definition) is 4. The second kappa shape index (κ2) is 5.82. The summed E-state index contributed by atoms with van der Waals surface area (Å²) in [6, 6.07) is 3.31. The van der Waals surface area contributed by atoms with Gasteiger partial charge in [0.25, 0.3) is 0 Å². The minimum atomic E-state index is -0.508. The molecule has 1 amide bonds. The van der Waals surface area contributed by atoms with Crippen molar-refractivity contribution in [2.45, 2.75) is 32.2 Å². The molecule has 98 valence electrons. The van der Waals surface area contributed by atoms with Gasteiger partial charge in [0.05, 0.1) is 17.9 Å². The molecule has 0 aliphatic carbocycles. The van der Waals surface area contributed by atoms with Crippen molar-refractivity contribution >= 4 is 17.4 Å². The molecule has 1 aromatic rings. The Kier molecular flexibility index (Phi) is 4.15. The first-order chi connectivity index (χ1) is 8.66. The summed E-state index contributed by atoms with van der Waals surface area (Å²) in [6.07, 6.45) is 5.44. The third-order valence-corrected chi connectivity index (χ3v) is 3.11. The van der Waals surface area contributed by atoms with Gasteiger partial charge in [-0.15, -0.1) is 0 Å². The van der Waals surface area contributed by atoms with Crippen molar-refractivity contribution in [3.05, 3.63) is 18.3 Å². The predicted octanol–water partition coefficient (Wildman–Crippen LogP) is 1.36. The summed E-state index contributed by atoms with van der Waals surface area (Å²) in [4.78, 5) is 18.1. The van der Waals surface area contributed by atoms with E-state index in [1.165, 1.54) is 19.3 Å². The van der Waals surface area contributed by atoms with Gasteiger partial charge in [0, 0.05) is 13.1 Å². The summed E-state index contributed by atoms with van der Waals surface area (Å²) in [5.74, 6) is 0.788. The highest BCUT2D eigenvalue weighted by Crippen LogP contribution is 2.18. The zero-order valence-corrected chi connectivity index (χ0v) is 10.7. The van der Waals surface area contributed by atoms with Gasteiger partial charge in [0.15, 0.2) is 0 Å². The minimum Gasteiger partial charge on any atom is -0.357 e. The molecule has 1 aliphatic heterocycles. The third-order valence-electron chi connectivity index (χ3n) is 3.11. The standard InChI is InChI=1S/C13H20N4O/c1-10(14)13(18)16-11-5-6-12(15-9-11)17-7-3-2-4-8-17/h5-6,9-10H,2-4,7-8,14H2,1H3,(H,16,18)/t10-/m1/s1. The monoisotopic (exact) mass is 248 g/mol. The maximum atomic E-state index is 11.4. The Morgan fingerprint density at radius 2 is 2.11 bits per heavy atom. The van der Waals surface area contributed by atoms with Crippen LogP contribution in [-0.4, -0.2) is 30.0 Å². The van der Waals surface area contributed by atoms with E-state index in [-0.39, 0.29) is 5.91 Å². The number of carbonyl (C=O) groups excluding carboxylic acids is 1. The molecule has 2 heterocycles. The van der Waals surface area contributed by atoms with E-state index in [2.05, 4.69) is 15.2 Å². The SMILES string of the molecule is C[C@@H](N)C(=O)Nc1ccc(N2CCCCC2)nc1. The van der Waals surface area contributed by atoms with E-state index < -0.39 is 6.04 Å².